The molecular formula is C12H6O2S4. The quantitative estimate of drug-likeness (QED) is 0.671. The van der Waals surface area contributed by atoms with Gasteiger partial charge in [0.05, 0.1) is 9.80 Å². The third-order valence-electron chi connectivity index (χ3n) is 2.88. The zero-order valence-electron chi connectivity index (χ0n) is 8.91. The monoisotopic (exact) mass is 310 g/mol. The number of fused-ring (bicyclic) bond motifs is 2. The summed E-state index contributed by atoms with van der Waals surface area (Å²) in [6.45, 7) is 0. The lowest BCUT2D eigenvalue weighted by Gasteiger charge is -1.98. The summed E-state index contributed by atoms with van der Waals surface area (Å²) in [6, 6.07) is 5.70. The fraction of sp³-hybridized carbons (Fsp3) is 0. The van der Waals surface area contributed by atoms with Gasteiger partial charge in [0.15, 0.2) is 0 Å². The molecule has 6 heteroatoms. The third kappa shape index (κ3) is 1.34. The molecule has 3 aromatic rings. The van der Waals surface area contributed by atoms with Gasteiger partial charge >= 0.3 is 0 Å². The highest BCUT2D eigenvalue weighted by atomic mass is 32.2. The Hall–Kier alpha value is -0.950. The van der Waals surface area contributed by atoms with Crippen molar-refractivity contribution in [1.82, 2.24) is 0 Å². The van der Waals surface area contributed by atoms with E-state index in [1.807, 2.05) is 22.9 Å². The summed E-state index contributed by atoms with van der Waals surface area (Å²) in [5.41, 5.74) is 0. The summed E-state index contributed by atoms with van der Waals surface area (Å²) in [7, 11) is -3.30. The Morgan fingerprint density at radius 1 is 1.00 bits per heavy atom. The molecule has 3 aromatic heterocycles. The largest absolute Gasteiger partial charge is 0.218 e. The van der Waals surface area contributed by atoms with Crippen molar-refractivity contribution in [2.45, 2.75) is 4.90 Å². The summed E-state index contributed by atoms with van der Waals surface area (Å²) in [6.07, 6.45) is 1.80. The predicted octanol–water partition coefficient (Wildman–Crippen LogP) is 4.31. The topological polar surface area (TPSA) is 34.1 Å². The molecule has 0 fully saturated rings. The van der Waals surface area contributed by atoms with Crippen molar-refractivity contribution in [1.29, 1.82) is 0 Å². The van der Waals surface area contributed by atoms with Crippen molar-refractivity contribution in [2.24, 2.45) is 0 Å². The molecular weight excluding hydrogens is 304 g/mol. The first-order valence-corrected chi connectivity index (χ1v) is 9.24. The summed E-state index contributed by atoms with van der Waals surface area (Å²) < 4.78 is 27.1. The molecule has 0 saturated heterocycles. The number of hydrogen-bond donors (Lipinski definition) is 0. The normalized spacial score (nSPS) is 17.0. The van der Waals surface area contributed by atoms with Gasteiger partial charge in [-0.15, -0.1) is 34.0 Å². The first-order valence-electron chi connectivity index (χ1n) is 5.18. The molecule has 0 amide bonds. The van der Waals surface area contributed by atoms with E-state index in [0.717, 1.165) is 19.2 Å². The van der Waals surface area contributed by atoms with E-state index >= 15 is 0 Å². The molecule has 18 heavy (non-hydrogen) atoms. The molecule has 0 unspecified atom stereocenters. The SMILES string of the molecule is O=S1(=O)C(c2cc3sccc3s2)=Cc2sccc21. The fourth-order valence-corrected chi connectivity index (χ4v) is 7.28. The Labute approximate surface area is 116 Å². The molecule has 0 radical (unpaired) electrons. The van der Waals surface area contributed by atoms with Gasteiger partial charge in [-0.1, -0.05) is 0 Å². The van der Waals surface area contributed by atoms with E-state index in [4.69, 9.17) is 0 Å². The minimum absolute atomic E-state index is 0.456. The molecule has 0 aliphatic carbocycles. The van der Waals surface area contributed by atoms with Gasteiger partial charge in [-0.2, -0.15) is 0 Å². The molecule has 90 valence electrons. The van der Waals surface area contributed by atoms with E-state index in [1.165, 1.54) is 11.3 Å². The Bertz CT molecular complexity index is 861. The number of thiophene rings is 3. The highest BCUT2D eigenvalue weighted by molar-refractivity contribution is 8.01. The van der Waals surface area contributed by atoms with E-state index in [2.05, 4.69) is 0 Å². The number of rotatable bonds is 1. The molecule has 0 N–H and O–H groups in total. The molecule has 0 saturated carbocycles. The molecule has 1 aliphatic heterocycles. The lowest BCUT2D eigenvalue weighted by molar-refractivity contribution is 0.607. The van der Waals surface area contributed by atoms with Crippen molar-refractivity contribution in [2.75, 3.05) is 0 Å². The predicted molar refractivity (Wildman–Crippen MR) is 79.1 cm³/mol. The van der Waals surface area contributed by atoms with Crippen molar-refractivity contribution < 1.29 is 8.42 Å². The van der Waals surface area contributed by atoms with Crippen LogP contribution in [0.1, 0.15) is 9.75 Å². The fourth-order valence-electron chi connectivity index (χ4n) is 2.04. The molecule has 4 heterocycles. The average molecular weight is 310 g/mol. The van der Waals surface area contributed by atoms with Crippen LogP contribution >= 0.6 is 34.0 Å². The van der Waals surface area contributed by atoms with Gasteiger partial charge in [0.2, 0.25) is 9.84 Å². The molecule has 0 aromatic carbocycles. The van der Waals surface area contributed by atoms with E-state index in [0.29, 0.717) is 9.80 Å². The number of sulfone groups is 1. The second-order valence-corrected chi connectivity index (χ2v) is 8.79. The van der Waals surface area contributed by atoms with Crippen LogP contribution < -0.4 is 0 Å². The van der Waals surface area contributed by atoms with Gasteiger partial charge in [0, 0.05) is 19.2 Å². The Balaban J connectivity index is 1.97. The maximum atomic E-state index is 12.4. The maximum absolute atomic E-state index is 12.4. The molecule has 2 nitrogen and oxygen atoms in total. The Morgan fingerprint density at radius 3 is 2.61 bits per heavy atom. The van der Waals surface area contributed by atoms with Crippen molar-refractivity contribution in [3.8, 4) is 0 Å². The summed E-state index contributed by atoms with van der Waals surface area (Å²) in [5.74, 6) is 0. The zero-order chi connectivity index (χ0) is 12.3. The van der Waals surface area contributed by atoms with Gasteiger partial charge in [-0.25, -0.2) is 8.42 Å². The second kappa shape index (κ2) is 3.54. The van der Waals surface area contributed by atoms with Crippen molar-refractivity contribution in [3.63, 3.8) is 0 Å². The minimum atomic E-state index is -3.30. The first kappa shape index (κ1) is 10.9. The standard InChI is InChI=1S/C12H6O2S4/c13-18(14)11-2-4-16-9(11)6-12(18)10-5-8-7(17-10)1-3-15-8/h1-6H. The minimum Gasteiger partial charge on any atom is -0.218 e. The van der Waals surface area contributed by atoms with Crippen LogP contribution in [0, 0.1) is 0 Å². The lowest BCUT2D eigenvalue weighted by Crippen LogP contribution is -1.97. The Kier molecular flexibility index (Phi) is 2.15. The highest BCUT2D eigenvalue weighted by Gasteiger charge is 2.32. The van der Waals surface area contributed by atoms with Crippen molar-refractivity contribution >= 4 is 64.2 Å². The van der Waals surface area contributed by atoms with Crippen LogP contribution in [0.25, 0.3) is 20.4 Å². The van der Waals surface area contributed by atoms with Gasteiger partial charge in [0.25, 0.3) is 0 Å². The van der Waals surface area contributed by atoms with E-state index in [1.54, 1.807) is 34.8 Å². The second-order valence-electron chi connectivity index (χ2n) is 3.92. The maximum Gasteiger partial charge on any atom is 0.209 e. The van der Waals surface area contributed by atoms with E-state index in [-0.39, 0.29) is 0 Å². The smallest absolute Gasteiger partial charge is 0.209 e. The Morgan fingerprint density at radius 2 is 1.83 bits per heavy atom. The molecule has 0 bridgehead atoms. The van der Waals surface area contributed by atoms with Gasteiger partial charge in [0.1, 0.15) is 0 Å². The van der Waals surface area contributed by atoms with E-state index in [9.17, 15) is 8.42 Å². The molecule has 4 rings (SSSR count). The molecule has 1 aliphatic rings. The van der Waals surface area contributed by atoms with Crippen LogP contribution in [0.5, 0.6) is 0 Å². The van der Waals surface area contributed by atoms with Crippen LogP contribution in [0.3, 0.4) is 0 Å². The van der Waals surface area contributed by atoms with Gasteiger partial charge in [-0.05, 0) is 35.0 Å². The number of hydrogen-bond acceptors (Lipinski definition) is 5. The van der Waals surface area contributed by atoms with Crippen LogP contribution in [0.4, 0.5) is 0 Å². The van der Waals surface area contributed by atoms with Crippen LogP contribution in [0.2, 0.25) is 0 Å². The third-order valence-corrected chi connectivity index (χ3v) is 7.98. The van der Waals surface area contributed by atoms with Gasteiger partial charge in [-0.3, -0.25) is 0 Å². The summed E-state index contributed by atoms with van der Waals surface area (Å²) in [5, 5.41) is 3.85. The summed E-state index contributed by atoms with van der Waals surface area (Å²) >= 11 is 4.66. The average Bonchev–Trinajstić information content (AvgIpc) is 3.00. The molecule has 0 spiro atoms. The van der Waals surface area contributed by atoms with Crippen LogP contribution in [-0.4, -0.2) is 8.42 Å². The van der Waals surface area contributed by atoms with E-state index < -0.39 is 9.84 Å². The zero-order valence-corrected chi connectivity index (χ0v) is 12.2. The molecule has 0 atom stereocenters. The summed E-state index contributed by atoms with van der Waals surface area (Å²) in [4.78, 5) is 2.61. The van der Waals surface area contributed by atoms with Gasteiger partial charge < -0.3 is 0 Å². The highest BCUT2D eigenvalue weighted by Crippen LogP contribution is 2.44. The van der Waals surface area contributed by atoms with Crippen LogP contribution in [-0.2, 0) is 9.84 Å². The first-order chi connectivity index (χ1) is 8.66. The lowest BCUT2D eigenvalue weighted by atomic mass is 10.3. The van der Waals surface area contributed by atoms with Crippen molar-refractivity contribution in [3.05, 3.63) is 38.7 Å². The van der Waals surface area contributed by atoms with Crippen LogP contribution in [0.15, 0.2) is 33.9 Å².